The van der Waals surface area contributed by atoms with Crippen LogP contribution >= 0.6 is 23.2 Å². The first-order chi connectivity index (χ1) is 8.41. The first kappa shape index (κ1) is 13.4. The Balaban J connectivity index is 2.84. The Labute approximate surface area is 115 Å². The molecule has 0 heterocycles. The van der Waals surface area contributed by atoms with Crippen LogP contribution in [0.3, 0.4) is 0 Å². The second kappa shape index (κ2) is 4.90. The van der Waals surface area contributed by atoms with Gasteiger partial charge < -0.3 is 0 Å². The summed E-state index contributed by atoms with van der Waals surface area (Å²) >= 11 is 11.9. The molecule has 3 nitrogen and oxygen atoms in total. The average Bonchev–Trinajstić information content (AvgIpc) is 2.32. The molecule has 0 bridgehead atoms. The van der Waals surface area contributed by atoms with Gasteiger partial charge in [0.1, 0.15) is 4.90 Å². The third kappa shape index (κ3) is 2.52. The Morgan fingerprint density at radius 3 is 2.11 bits per heavy atom. The SMILES string of the molecule is O=S(=O)(O)c1ccc(Cl)c(Cl)c1-c1ccccc1. The molecule has 94 valence electrons. The zero-order valence-corrected chi connectivity index (χ0v) is 11.3. The molecular formula is C12H8Cl2O3S. The van der Waals surface area contributed by atoms with Gasteiger partial charge in [0.05, 0.1) is 10.0 Å². The zero-order chi connectivity index (χ0) is 13.3. The highest BCUT2D eigenvalue weighted by molar-refractivity contribution is 7.86. The fraction of sp³-hybridized carbons (Fsp3) is 0. The summed E-state index contributed by atoms with van der Waals surface area (Å²) in [6.07, 6.45) is 0. The van der Waals surface area contributed by atoms with Crippen LogP contribution in [0.1, 0.15) is 0 Å². The van der Waals surface area contributed by atoms with Crippen LogP contribution in [0.15, 0.2) is 47.4 Å². The average molecular weight is 303 g/mol. The summed E-state index contributed by atoms with van der Waals surface area (Å²) in [6.45, 7) is 0. The van der Waals surface area contributed by atoms with Gasteiger partial charge in [0.2, 0.25) is 0 Å². The van der Waals surface area contributed by atoms with E-state index in [1.807, 2.05) is 0 Å². The minimum absolute atomic E-state index is 0.0954. The van der Waals surface area contributed by atoms with Gasteiger partial charge in [0.15, 0.2) is 0 Å². The van der Waals surface area contributed by atoms with E-state index in [1.54, 1.807) is 30.3 Å². The van der Waals surface area contributed by atoms with E-state index in [0.29, 0.717) is 5.56 Å². The van der Waals surface area contributed by atoms with Gasteiger partial charge in [0.25, 0.3) is 10.1 Å². The third-order valence-corrected chi connectivity index (χ3v) is 4.10. The van der Waals surface area contributed by atoms with Gasteiger partial charge >= 0.3 is 0 Å². The Morgan fingerprint density at radius 1 is 0.944 bits per heavy atom. The maximum absolute atomic E-state index is 11.3. The van der Waals surface area contributed by atoms with Crippen molar-refractivity contribution in [1.29, 1.82) is 0 Å². The lowest BCUT2D eigenvalue weighted by Crippen LogP contribution is -2.01. The summed E-state index contributed by atoms with van der Waals surface area (Å²) in [5.41, 5.74) is 0.768. The van der Waals surface area contributed by atoms with Gasteiger partial charge in [-0.2, -0.15) is 8.42 Å². The molecule has 6 heteroatoms. The number of benzene rings is 2. The van der Waals surface area contributed by atoms with Gasteiger partial charge in [-0.1, -0.05) is 53.5 Å². The maximum atomic E-state index is 11.3. The van der Waals surface area contributed by atoms with E-state index >= 15 is 0 Å². The standard InChI is InChI=1S/C12H8Cl2O3S/c13-9-6-7-10(18(15,16)17)11(12(9)14)8-4-2-1-3-5-8/h1-7H,(H,15,16,17). The lowest BCUT2D eigenvalue weighted by molar-refractivity contribution is 0.483. The second-order valence-corrected chi connectivity index (χ2v) is 5.75. The van der Waals surface area contributed by atoms with Gasteiger partial charge in [-0.05, 0) is 17.7 Å². The summed E-state index contributed by atoms with van der Waals surface area (Å²) in [6, 6.07) is 11.2. The first-order valence-corrected chi connectivity index (χ1v) is 7.12. The molecule has 0 aliphatic heterocycles. The van der Waals surface area contributed by atoms with Gasteiger partial charge in [-0.15, -0.1) is 0 Å². The normalized spacial score (nSPS) is 11.5. The predicted octanol–water partition coefficient (Wildman–Crippen LogP) is 3.91. The molecule has 2 aromatic carbocycles. The summed E-state index contributed by atoms with van der Waals surface area (Å²) in [5, 5.41) is 0.320. The number of hydrogen-bond acceptors (Lipinski definition) is 2. The number of rotatable bonds is 2. The molecule has 0 aliphatic rings. The van der Waals surface area contributed by atoms with E-state index in [0.717, 1.165) is 0 Å². The van der Waals surface area contributed by atoms with E-state index in [-0.39, 0.29) is 20.5 Å². The van der Waals surface area contributed by atoms with Crippen molar-refractivity contribution in [2.24, 2.45) is 0 Å². The van der Waals surface area contributed by atoms with Crippen LogP contribution in [-0.4, -0.2) is 13.0 Å². The van der Waals surface area contributed by atoms with E-state index in [2.05, 4.69) is 0 Å². The molecule has 2 rings (SSSR count). The molecule has 0 amide bonds. The van der Waals surface area contributed by atoms with Crippen LogP contribution in [-0.2, 0) is 10.1 Å². The van der Waals surface area contributed by atoms with E-state index in [9.17, 15) is 13.0 Å². The molecule has 0 atom stereocenters. The third-order valence-electron chi connectivity index (χ3n) is 2.40. The largest absolute Gasteiger partial charge is 0.295 e. The van der Waals surface area contributed by atoms with Gasteiger partial charge in [-0.25, -0.2) is 0 Å². The molecule has 2 aromatic rings. The Kier molecular flexibility index (Phi) is 3.64. The van der Waals surface area contributed by atoms with Crippen molar-refractivity contribution in [3.63, 3.8) is 0 Å². The minimum atomic E-state index is -4.36. The van der Waals surface area contributed by atoms with E-state index in [1.165, 1.54) is 12.1 Å². The zero-order valence-electron chi connectivity index (χ0n) is 8.97. The lowest BCUT2D eigenvalue weighted by atomic mass is 10.1. The molecule has 1 N–H and O–H groups in total. The van der Waals surface area contributed by atoms with Gasteiger partial charge in [-0.3, -0.25) is 4.55 Å². The van der Waals surface area contributed by atoms with Crippen molar-refractivity contribution in [1.82, 2.24) is 0 Å². The number of halogens is 2. The van der Waals surface area contributed by atoms with Crippen LogP contribution in [0, 0.1) is 0 Å². The van der Waals surface area contributed by atoms with Crippen molar-refractivity contribution in [2.45, 2.75) is 4.90 Å². The van der Waals surface area contributed by atoms with Crippen LogP contribution in [0.5, 0.6) is 0 Å². The maximum Gasteiger partial charge on any atom is 0.295 e. The van der Waals surface area contributed by atoms with Crippen LogP contribution in [0.4, 0.5) is 0 Å². The van der Waals surface area contributed by atoms with Crippen molar-refractivity contribution in [3.05, 3.63) is 52.5 Å². The molecule has 0 saturated heterocycles. The van der Waals surface area contributed by atoms with E-state index < -0.39 is 10.1 Å². The first-order valence-electron chi connectivity index (χ1n) is 4.92. The Bertz CT molecular complexity index is 682. The molecule has 0 spiro atoms. The van der Waals surface area contributed by atoms with Crippen molar-refractivity contribution in [3.8, 4) is 11.1 Å². The van der Waals surface area contributed by atoms with E-state index in [4.69, 9.17) is 23.2 Å². The molecule has 0 aromatic heterocycles. The van der Waals surface area contributed by atoms with Crippen molar-refractivity contribution < 1.29 is 13.0 Å². The summed E-state index contributed by atoms with van der Waals surface area (Å²) in [5.74, 6) is 0. The van der Waals surface area contributed by atoms with Crippen molar-refractivity contribution in [2.75, 3.05) is 0 Å². The van der Waals surface area contributed by atoms with Crippen LogP contribution in [0.2, 0.25) is 10.0 Å². The molecule has 18 heavy (non-hydrogen) atoms. The summed E-state index contributed by atoms with van der Waals surface area (Å²) < 4.78 is 31.9. The quantitative estimate of drug-likeness (QED) is 0.856. The molecule has 0 fully saturated rings. The molecule has 0 saturated carbocycles. The lowest BCUT2D eigenvalue weighted by Gasteiger charge is -2.10. The molecule has 0 unspecified atom stereocenters. The monoisotopic (exact) mass is 302 g/mol. The fourth-order valence-corrected chi connectivity index (χ4v) is 2.83. The minimum Gasteiger partial charge on any atom is -0.282 e. The number of hydrogen-bond donors (Lipinski definition) is 1. The van der Waals surface area contributed by atoms with Crippen molar-refractivity contribution >= 4 is 33.3 Å². The summed E-state index contributed by atoms with van der Waals surface area (Å²) in [7, 11) is -4.36. The Hall–Kier alpha value is -1.07. The summed E-state index contributed by atoms with van der Waals surface area (Å²) in [4.78, 5) is -0.261. The topological polar surface area (TPSA) is 54.4 Å². The molecule has 0 radical (unpaired) electrons. The highest BCUT2D eigenvalue weighted by Crippen LogP contribution is 2.38. The van der Waals surface area contributed by atoms with Crippen LogP contribution < -0.4 is 0 Å². The molecule has 0 aliphatic carbocycles. The Morgan fingerprint density at radius 2 is 1.56 bits per heavy atom. The predicted molar refractivity (Wildman–Crippen MR) is 71.7 cm³/mol. The highest BCUT2D eigenvalue weighted by atomic mass is 35.5. The van der Waals surface area contributed by atoms with Crippen LogP contribution in [0.25, 0.3) is 11.1 Å². The van der Waals surface area contributed by atoms with Gasteiger partial charge in [0, 0.05) is 5.56 Å². The smallest absolute Gasteiger partial charge is 0.282 e. The second-order valence-electron chi connectivity index (χ2n) is 3.58. The highest BCUT2D eigenvalue weighted by Gasteiger charge is 2.20. The fourth-order valence-electron chi connectivity index (χ4n) is 1.62. The molecular weight excluding hydrogens is 295 g/mol.